The molecule has 5 nitrogen and oxygen atoms in total. The Labute approximate surface area is 121 Å². The smallest absolute Gasteiger partial charge is 0.326 e. The van der Waals surface area contributed by atoms with Crippen LogP contribution in [0.4, 0.5) is 0 Å². The number of benzene rings is 1. The molecule has 1 amide bonds. The van der Waals surface area contributed by atoms with Crippen LogP contribution < -0.4 is 0 Å². The Hall–Kier alpha value is -1.59. The number of aliphatic hydroxyl groups excluding tert-OH is 1. The van der Waals surface area contributed by atoms with Crippen LogP contribution in [0.25, 0.3) is 0 Å². The molecule has 2 rings (SSSR count). The second-order valence-electron chi connectivity index (χ2n) is 4.98. The quantitative estimate of drug-likeness (QED) is 0.855. The van der Waals surface area contributed by atoms with Crippen molar-refractivity contribution in [3.05, 3.63) is 34.9 Å². The molecule has 1 unspecified atom stereocenters. The molecule has 1 aromatic carbocycles. The van der Waals surface area contributed by atoms with Crippen molar-refractivity contribution < 1.29 is 19.8 Å². The number of hydrogen-bond acceptors (Lipinski definition) is 3. The van der Waals surface area contributed by atoms with Crippen LogP contribution in [0, 0.1) is 5.92 Å². The minimum absolute atomic E-state index is 0.102. The van der Waals surface area contributed by atoms with Crippen LogP contribution in [0.1, 0.15) is 12.0 Å². The summed E-state index contributed by atoms with van der Waals surface area (Å²) in [6.45, 7) is 0.190. The first-order chi connectivity index (χ1) is 9.51. The van der Waals surface area contributed by atoms with Gasteiger partial charge in [-0.15, -0.1) is 0 Å². The Morgan fingerprint density at radius 1 is 1.40 bits per heavy atom. The molecular formula is C14H16ClNO4. The molecule has 1 saturated heterocycles. The lowest BCUT2D eigenvalue weighted by Gasteiger charge is -2.24. The summed E-state index contributed by atoms with van der Waals surface area (Å²) in [7, 11) is 0. The Kier molecular flexibility index (Phi) is 4.62. The lowest BCUT2D eigenvalue weighted by Crippen LogP contribution is -2.43. The van der Waals surface area contributed by atoms with Gasteiger partial charge in [0.1, 0.15) is 6.04 Å². The zero-order valence-corrected chi connectivity index (χ0v) is 11.6. The van der Waals surface area contributed by atoms with Crippen molar-refractivity contribution in [3.8, 4) is 0 Å². The SMILES string of the molecule is O=C(O)[C@H](Cc1ccc(Cl)cc1)N1CC(CO)CC1=O. The van der Waals surface area contributed by atoms with E-state index in [1.54, 1.807) is 24.3 Å². The van der Waals surface area contributed by atoms with Crippen LogP contribution in [0.2, 0.25) is 5.02 Å². The molecule has 0 aromatic heterocycles. The second-order valence-corrected chi connectivity index (χ2v) is 5.42. The van der Waals surface area contributed by atoms with Gasteiger partial charge in [-0.2, -0.15) is 0 Å². The predicted molar refractivity (Wildman–Crippen MR) is 73.5 cm³/mol. The van der Waals surface area contributed by atoms with E-state index in [-0.39, 0.29) is 31.3 Å². The number of halogens is 1. The summed E-state index contributed by atoms with van der Waals surface area (Å²) >= 11 is 5.79. The highest BCUT2D eigenvalue weighted by atomic mass is 35.5. The van der Waals surface area contributed by atoms with Crippen molar-refractivity contribution in [2.45, 2.75) is 18.9 Å². The number of carbonyl (C=O) groups excluding carboxylic acids is 1. The van der Waals surface area contributed by atoms with Gasteiger partial charge in [-0.05, 0) is 17.7 Å². The van der Waals surface area contributed by atoms with Gasteiger partial charge in [0.25, 0.3) is 0 Å². The van der Waals surface area contributed by atoms with Gasteiger partial charge in [0.05, 0.1) is 0 Å². The van der Waals surface area contributed by atoms with Crippen molar-refractivity contribution in [1.29, 1.82) is 0 Å². The lowest BCUT2D eigenvalue weighted by atomic mass is 10.0. The molecular weight excluding hydrogens is 282 g/mol. The van der Waals surface area contributed by atoms with Gasteiger partial charge in [0.2, 0.25) is 5.91 Å². The first kappa shape index (κ1) is 14.8. The molecule has 0 spiro atoms. The Morgan fingerprint density at radius 2 is 2.05 bits per heavy atom. The molecule has 1 fully saturated rings. The van der Waals surface area contributed by atoms with E-state index in [4.69, 9.17) is 16.7 Å². The van der Waals surface area contributed by atoms with Gasteiger partial charge in [0.15, 0.2) is 0 Å². The van der Waals surface area contributed by atoms with Crippen molar-refractivity contribution in [2.75, 3.05) is 13.2 Å². The average Bonchev–Trinajstić information content (AvgIpc) is 2.79. The van der Waals surface area contributed by atoms with Gasteiger partial charge >= 0.3 is 5.97 Å². The van der Waals surface area contributed by atoms with Crippen LogP contribution in [0.5, 0.6) is 0 Å². The topological polar surface area (TPSA) is 77.8 Å². The number of hydrogen-bond donors (Lipinski definition) is 2. The normalized spacial score (nSPS) is 20.2. The maximum atomic E-state index is 11.9. The number of carboxylic acids is 1. The average molecular weight is 298 g/mol. The molecule has 2 N–H and O–H groups in total. The summed E-state index contributed by atoms with van der Waals surface area (Å²) in [5.74, 6) is -1.42. The van der Waals surface area contributed by atoms with Crippen molar-refractivity contribution in [3.63, 3.8) is 0 Å². The third-order valence-electron chi connectivity index (χ3n) is 3.50. The van der Waals surface area contributed by atoms with Gasteiger partial charge in [-0.1, -0.05) is 23.7 Å². The van der Waals surface area contributed by atoms with E-state index in [0.29, 0.717) is 11.6 Å². The zero-order valence-electron chi connectivity index (χ0n) is 10.8. The second kappa shape index (κ2) is 6.24. The lowest BCUT2D eigenvalue weighted by molar-refractivity contribution is -0.148. The number of aliphatic carboxylic acids is 1. The molecule has 0 radical (unpaired) electrons. The van der Waals surface area contributed by atoms with E-state index in [1.807, 2.05) is 0 Å². The number of likely N-dealkylation sites (tertiary alicyclic amines) is 1. The number of nitrogens with zero attached hydrogens (tertiary/aromatic N) is 1. The summed E-state index contributed by atoms with van der Waals surface area (Å²) in [6.07, 6.45) is 0.442. The van der Waals surface area contributed by atoms with Gasteiger partial charge < -0.3 is 15.1 Å². The van der Waals surface area contributed by atoms with E-state index < -0.39 is 12.0 Å². The molecule has 0 bridgehead atoms. The van der Waals surface area contributed by atoms with Crippen LogP contribution in [-0.4, -0.2) is 46.2 Å². The third kappa shape index (κ3) is 3.29. The fraction of sp³-hybridized carbons (Fsp3) is 0.429. The summed E-state index contributed by atoms with van der Waals surface area (Å²) in [5, 5.41) is 19.0. The first-order valence-corrected chi connectivity index (χ1v) is 6.76. The van der Waals surface area contributed by atoms with Gasteiger partial charge in [0, 0.05) is 36.9 Å². The fourth-order valence-corrected chi connectivity index (χ4v) is 2.53. The van der Waals surface area contributed by atoms with Crippen molar-refractivity contribution >= 4 is 23.5 Å². The van der Waals surface area contributed by atoms with Crippen molar-refractivity contribution in [2.24, 2.45) is 5.92 Å². The van der Waals surface area contributed by atoms with Crippen LogP contribution >= 0.6 is 11.6 Å². The monoisotopic (exact) mass is 297 g/mol. The number of aliphatic hydroxyl groups is 1. The summed E-state index contributed by atoms with van der Waals surface area (Å²) < 4.78 is 0. The number of carbonyl (C=O) groups is 2. The molecule has 0 saturated carbocycles. The van der Waals surface area contributed by atoms with E-state index in [1.165, 1.54) is 4.90 Å². The molecule has 108 valence electrons. The number of rotatable bonds is 5. The highest BCUT2D eigenvalue weighted by molar-refractivity contribution is 6.30. The maximum absolute atomic E-state index is 11.9. The number of carboxylic acid groups (broad SMARTS) is 1. The standard InChI is InChI=1S/C14H16ClNO4/c15-11-3-1-9(2-4-11)5-12(14(19)20)16-7-10(8-17)6-13(16)18/h1-4,10,12,17H,5-8H2,(H,19,20)/t10?,12-/m0/s1. The molecule has 20 heavy (non-hydrogen) atoms. The third-order valence-corrected chi connectivity index (χ3v) is 3.75. The van der Waals surface area contributed by atoms with Crippen LogP contribution in [0.3, 0.4) is 0 Å². The maximum Gasteiger partial charge on any atom is 0.326 e. The molecule has 1 heterocycles. The van der Waals surface area contributed by atoms with E-state index in [2.05, 4.69) is 0 Å². The van der Waals surface area contributed by atoms with E-state index >= 15 is 0 Å². The summed E-state index contributed by atoms with van der Waals surface area (Å²) in [6, 6.07) is 5.99. The Bertz CT molecular complexity index is 502. The minimum atomic E-state index is -1.04. The van der Waals surface area contributed by atoms with Crippen LogP contribution in [-0.2, 0) is 16.0 Å². The molecule has 0 aliphatic carbocycles. The molecule has 1 aromatic rings. The minimum Gasteiger partial charge on any atom is -0.480 e. The molecule has 1 aliphatic rings. The molecule has 2 atom stereocenters. The van der Waals surface area contributed by atoms with Gasteiger partial charge in [-0.25, -0.2) is 4.79 Å². The fourth-order valence-electron chi connectivity index (χ4n) is 2.41. The van der Waals surface area contributed by atoms with E-state index in [9.17, 15) is 14.7 Å². The Balaban J connectivity index is 2.13. The largest absolute Gasteiger partial charge is 0.480 e. The predicted octanol–water partition coefficient (Wildman–Crippen LogP) is 1.18. The first-order valence-electron chi connectivity index (χ1n) is 6.39. The summed E-state index contributed by atoms with van der Waals surface area (Å²) in [4.78, 5) is 24.6. The highest BCUT2D eigenvalue weighted by Gasteiger charge is 2.37. The molecule has 6 heteroatoms. The highest BCUT2D eigenvalue weighted by Crippen LogP contribution is 2.22. The van der Waals surface area contributed by atoms with Gasteiger partial charge in [-0.3, -0.25) is 4.79 Å². The molecule has 1 aliphatic heterocycles. The zero-order chi connectivity index (χ0) is 14.7. The van der Waals surface area contributed by atoms with E-state index in [0.717, 1.165) is 5.56 Å². The Morgan fingerprint density at radius 3 is 2.55 bits per heavy atom. The summed E-state index contributed by atoms with van der Waals surface area (Å²) in [5.41, 5.74) is 0.807. The number of amides is 1. The van der Waals surface area contributed by atoms with Crippen LogP contribution in [0.15, 0.2) is 24.3 Å². The van der Waals surface area contributed by atoms with Crippen molar-refractivity contribution in [1.82, 2.24) is 4.90 Å².